The van der Waals surface area contributed by atoms with Gasteiger partial charge in [0, 0.05) is 12.1 Å². The van der Waals surface area contributed by atoms with Crippen LogP contribution in [0.25, 0.3) is 12.2 Å². The molecule has 2 aromatic carbocycles. The van der Waals surface area contributed by atoms with E-state index in [2.05, 4.69) is 5.32 Å². The molecule has 1 saturated carbocycles. The number of benzene rings is 2. The van der Waals surface area contributed by atoms with Gasteiger partial charge in [0.2, 0.25) is 11.8 Å². The van der Waals surface area contributed by atoms with Crippen LogP contribution in [0, 0.1) is 11.8 Å². The molecule has 4 unspecified atom stereocenters. The number of amides is 2. The Hall–Kier alpha value is -3.78. The van der Waals surface area contributed by atoms with Crippen LogP contribution in [-0.2, 0) is 19.2 Å². The van der Waals surface area contributed by atoms with Crippen LogP contribution in [-0.4, -0.2) is 50.4 Å². The van der Waals surface area contributed by atoms with Gasteiger partial charge in [-0.25, -0.2) is 0 Å². The number of rotatable bonds is 7. The molecular weight excluding hydrogens is 472 g/mol. The van der Waals surface area contributed by atoms with E-state index in [0.717, 1.165) is 30.4 Å². The molecule has 3 aliphatic rings. The summed E-state index contributed by atoms with van der Waals surface area (Å²) in [6.45, 7) is 0. The van der Waals surface area contributed by atoms with Crippen molar-refractivity contribution in [3.8, 4) is 0 Å². The van der Waals surface area contributed by atoms with Gasteiger partial charge in [-0.05, 0) is 29.5 Å². The maximum absolute atomic E-state index is 13.7. The number of carbonyl (C=O) groups excluding carboxylic acids is 2. The van der Waals surface area contributed by atoms with E-state index in [0.29, 0.717) is 18.4 Å². The fourth-order valence-corrected chi connectivity index (χ4v) is 6.26. The Morgan fingerprint density at radius 3 is 2.11 bits per heavy atom. The zero-order valence-corrected chi connectivity index (χ0v) is 20.4. The van der Waals surface area contributed by atoms with Crippen LogP contribution >= 0.6 is 0 Å². The molecule has 2 heterocycles. The highest BCUT2D eigenvalue weighted by Crippen LogP contribution is 2.51. The number of hydrogen-bond donors (Lipinski definition) is 3. The first kappa shape index (κ1) is 24.9. The molecule has 192 valence electrons. The average molecular weight is 503 g/mol. The molecule has 3 N–H and O–H groups in total. The summed E-state index contributed by atoms with van der Waals surface area (Å²) in [4.78, 5) is 53.0. The molecule has 3 fully saturated rings. The fourth-order valence-electron chi connectivity index (χ4n) is 6.26. The molecule has 2 aliphatic heterocycles. The maximum atomic E-state index is 13.7. The zero-order valence-electron chi connectivity index (χ0n) is 20.4. The standard InChI is InChI=1S/C29H30N2O6/c32-22(33)17-29(28(36)37)24-23(26(34)31(27(24)35)21-9-5-2-6-10-21)25(30-29)20-15-13-19(14-16-20)12-11-18-7-3-1-4-8-18/h1,3-4,7-8,11-16,21,23-25,30H,2,5-6,9-10,17H2,(H,32,33)(H,36,37). The average Bonchev–Trinajstić information content (AvgIpc) is 3.37. The van der Waals surface area contributed by atoms with Crippen molar-refractivity contribution < 1.29 is 29.4 Å². The van der Waals surface area contributed by atoms with Crippen LogP contribution in [0.1, 0.15) is 61.3 Å². The van der Waals surface area contributed by atoms with Crippen LogP contribution in [0.15, 0.2) is 54.6 Å². The molecule has 4 atom stereocenters. The first-order chi connectivity index (χ1) is 17.8. The van der Waals surface area contributed by atoms with Gasteiger partial charge >= 0.3 is 11.9 Å². The van der Waals surface area contributed by atoms with E-state index in [1.165, 1.54) is 4.90 Å². The third kappa shape index (κ3) is 4.46. The number of fused-ring (bicyclic) bond motifs is 1. The Kier molecular flexibility index (Phi) is 6.69. The topological polar surface area (TPSA) is 124 Å². The number of carboxylic acids is 2. The summed E-state index contributed by atoms with van der Waals surface area (Å²) >= 11 is 0. The van der Waals surface area contributed by atoms with Crippen LogP contribution in [0.4, 0.5) is 0 Å². The summed E-state index contributed by atoms with van der Waals surface area (Å²) in [5.74, 6) is -5.99. The molecule has 8 nitrogen and oxygen atoms in total. The molecule has 0 aromatic heterocycles. The van der Waals surface area contributed by atoms with Crippen molar-refractivity contribution in [2.75, 3.05) is 0 Å². The SMILES string of the molecule is O=C(O)CC1(C(=O)O)NC(c2ccc(C=Cc3ccccc3)cc2)C2C(=O)N(C3CCCCC3)C(=O)C21. The quantitative estimate of drug-likeness (QED) is 0.389. The number of nitrogens with one attached hydrogen (secondary N) is 1. The molecule has 8 heteroatoms. The van der Waals surface area contributed by atoms with Crippen molar-refractivity contribution in [2.24, 2.45) is 11.8 Å². The van der Waals surface area contributed by atoms with E-state index in [1.807, 2.05) is 54.6 Å². The van der Waals surface area contributed by atoms with Gasteiger partial charge in [0.25, 0.3) is 0 Å². The lowest BCUT2D eigenvalue weighted by Crippen LogP contribution is -2.57. The van der Waals surface area contributed by atoms with Crippen molar-refractivity contribution >= 4 is 35.9 Å². The minimum atomic E-state index is -2.07. The number of imide groups is 1. The second-order valence-electron chi connectivity index (χ2n) is 10.2. The normalized spacial score (nSPS) is 28.1. The second-order valence-corrected chi connectivity index (χ2v) is 10.2. The molecular formula is C29H30N2O6. The molecule has 1 aliphatic carbocycles. The van der Waals surface area contributed by atoms with Gasteiger partial charge in [-0.15, -0.1) is 0 Å². The summed E-state index contributed by atoms with van der Waals surface area (Å²) in [6.07, 6.45) is 7.34. The molecule has 5 rings (SSSR count). The van der Waals surface area contributed by atoms with E-state index < -0.39 is 53.6 Å². The van der Waals surface area contributed by atoms with Gasteiger partial charge < -0.3 is 10.2 Å². The molecule has 2 saturated heterocycles. The maximum Gasteiger partial charge on any atom is 0.325 e. The lowest BCUT2D eigenvalue weighted by Gasteiger charge is -2.34. The van der Waals surface area contributed by atoms with Crippen molar-refractivity contribution in [3.63, 3.8) is 0 Å². The smallest absolute Gasteiger partial charge is 0.325 e. The summed E-state index contributed by atoms with van der Waals surface area (Å²) in [7, 11) is 0. The van der Waals surface area contributed by atoms with E-state index in [4.69, 9.17) is 0 Å². The number of likely N-dealkylation sites (tertiary alicyclic amines) is 1. The first-order valence-corrected chi connectivity index (χ1v) is 12.7. The monoisotopic (exact) mass is 502 g/mol. The zero-order chi connectivity index (χ0) is 26.2. The van der Waals surface area contributed by atoms with Gasteiger partial charge in [0.15, 0.2) is 0 Å². The number of aliphatic carboxylic acids is 2. The third-order valence-electron chi connectivity index (χ3n) is 8.00. The minimum absolute atomic E-state index is 0.262. The Bertz CT molecular complexity index is 1230. The Morgan fingerprint density at radius 2 is 1.51 bits per heavy atom. The van der Waals surface area contributed by atoms with E-state index in [-0.39, 0.29) is 6.04 Å². The van der Waals surface area contributed by atoms with Gasteiger partial charge in [-0.3, -0.25) is 29.4 Å². The number of carbonyl (C=O) groups is 4. The Balaban J connectivity index is 1.49. The van der Waals surface area contributed by atoms with Crippen LogP contribution in [0.3, 0.4) is 0 Å². The molecule has 37 heavy (non-hydrogen) atoms. The molecule has 2 amide bonds. The van der Waals surface area contributed by atoms with Crippen LogP contribution in [0.2, 0.25) is 0 Å². The molecule has 0 spiro atoms. The Labute approximate surface area is 215 Å². The third-order valence-corrected chi connectivity index (χ3v) is 8.00. The lowest BCUT2D eigenvalue weighted by molar-refractivity contribution is -0.156. The Morgan fingerprint density at radius 1 is 0.892 bits per heavy atom. The van der Waals surface area contributed by atoms with Gasteiger partial charge in [0.1, 0.15) is 5.54 Å². The van der Waals surface area contributed by atoms with E-state index >= 15 is 0 Å². The molecule has 2 aromatic rings. The molecule has 0 bridgehead atoms. The van der Waals surface area contributed by atoms with Crippen LogP contribution < -0.4 is 5.32 Å². The first-order valence-electron chi connectivity index (χ1n) is 12.7. The predicted octanol–water partition coefficient (Wildman–Crippen LogP) is 3.73. The highest BCUT2D eigenvalue weighted by Gasteiger charge is 2.69. The summed E-state index contributed by atoms with van der Waals surface area (Å²) in [5.41, 5.74) is 0.537. The van der Waals surface area contributed by atoms with Gasteiger partial charge in [-0.1, -0.05) is 86.0 Å². The van der Waals surface area contributed by atoms with Crippen molar-refractivity contribution in [1.29, 1.82) is 0 Å². The summed E-state index contributed by atoms with van der Waals surface area (Å²) < 4.78 is 0. The highest BCUT2D eigenvalue weighted by atomic mass is 16.4. The highest BCUT2D eigenvalue weighted by molar-refractivity contribution is 6.10. The van der Waals surface area contributed by atoms with E-state index in [1.54, 1.807) is 12.1 Å². The minimum Gasteiger partial charge on any atom is -0.481 e. The van der Waals surface area contributed by atoms with E-state index in [9.17, 15) is 29.4 Å². The lowest BCUT2D eigenvalue weighted by atomic mass is 9.77. The van der Waals surface area contributed by atoms with Crippen LogP contribution in [0.5, 0.6) is 0 Å². The van der Waals surface area contributed by atoms with Gasteiger partial charge in [0.05, 0.1) is 18.3 Å². The number of nitrogens with zero attached hydrogens (tertiary/aromatic N) is 1. The summed E-state index contributed by atoms with van der Waals surface area (Å²) in [5, 5.41) is 22.8. The van der Waals surface area contributed by atoms with Crippen molar-refractivity contribution in [3.05, 3.63) is 71.3 Å². The molecule has 0 radical (unpaired) electrons. The number of carboxylic acid groups (broad SMARTS) is 2. The number of hydrogen-bond acceptors (Lipinski definition) is 5. The van der Waals surface area contributed by atoms with Crippen molar-refractivity contribution in [2.45, 2.75) is 56.1 Å². The van der Waals surface area contributed by atoms with Crippen molar-refractivity contribution in [1.82, 2.24) is 10.2 Å². The summed E-state index contributed by atoms with van der Waals surface area (Å²) in [6, 6.07) is 16.1. The second kappa shape index (κ2) is 9.94. The predicted molar refractivity (Wildman–Crippen MR) is 136 cm³/mol. The largest absolute Gasteiger partial charge is 0.481 e. The van der Waals surface area contributed by atoms with Gasteiger partial charge in [-0.2, -0.15) is 0 Å². The fraction of sp³-hybridized carbons (Fsp3) is 0.379.